The van der Waals surface area contributed by atoms with Crippen molar-refractivity contribution < 1.29 is 0 Å². The summed E-state index contributed by atoms with van der Waals surface area (Å²) < 4.78 is 0. The predicted octanol–water partition coefficient (Wildman–Crippen LogP) is 2.82. The molecule has 58 valence electrons. The highest BCUT2D eigenvalue weighted by atomic mass is 14.7. The number of hydrogen-bond acceptors (Lipinski definition) is 1. The maximum atomic E-state index is 4.21. The van der Waals surface area contributed by atoms with Gasteiger partial charge in [0.2, 0.25) is 0 Å². The second-order valence-corrected chi connectivity index (χ2v) is 2.43. The lowest BCUT2D eigenvalue weighted by Crippen LogP contribution is -1.80. The van der Waals surface area contributed by atoms with Gasteiger partial charge in [0.05, 0.1) is 0 Å². The summed E-state index contributed by atoms with van der Waals surface area (Å²) in [5.41, 5.74) is 1.39. The minimum absolute atomic E-state index is 0.969. The van der Waals surface area contributed by atoms with Gasteiger partial charge in [-0.05, 0) is 20.3 Å². The van der Waals surface area contributed by atoms with Crippen LogP contribution in [0.25, 0.3) is 0 Å². The Morgan fingerprint density at radius 2 is 2.20 bits per heavy atom. The molecule has 1 nitrogen and oxygen atoms in total. The Morgan fingerprint density at radius 3 is 2.70 bits per heavy atom. The summed E-state index contributed by atoms with van der Waals surface area (Å²) >= 11 is 0. The van der Waals surface area contributed by atoms with E-state index < -0.39 is 0 Å². The molecule has 0 N–H and O–H groups in total. The van der Waals surface area contributed by atoms with Crippen LogP contribution in [0.5, 0.6) is 0 Å². The van der Waals surface area contributed by atoms with Gasteiger partial charge < -0.3 is 0 Å². The summed E-state index contributed by atoms with van der Waals surface area (Å²) in [5, 5.41) is 0. The van der Waals surface area contributed by atoms with E-state index in [1.807, 2.05) is 6.21 Å². The standard InChI is InChI=1S/C9H17N/c1-4-7-10-8-6-9(3)5-2/h5,8H,4,6-7H2,1-3H3. The fraction of sp³-hybridized carbons (Fsp3) is 0.667. The minimum atomic E-state index is 0.969. The van der Waals surface area contributed by atoms with Gasteiger partial charge in [0, 0.05) is 19.2 Å². The first-order chi connectivity index (χ1) is 4.81. The zero-order valence-electron chi connectivity index (χ0n) is 7.22. The molecule has 0 bridgehead atoms. The highest BCUT2D eigenvalue weighted by molar-refractivity contribution is 5.60. The average molecular weight is 139 g/mol. The SMILES string of the molecule is CC=C(C)CC=NCCC. The van der Waals surface area contributed by atoms with Crippen LogP contribution in [-0.2, 0) is 0 Å². The molecule has 0 fully saturated rings. The Hall–Kier alpha value is -0.590. The zero-order valence-corrected chi connectivity index (χ0v) is 7.22. The average Bonchev–Trinajstić information content (AvgIpc) is 1.98. The molecule has 0 heterocycles. The van der Waals surface area contributed by atoms with Gasteiger partial charge in [-0.2, -0.15) is 0 Å². The van der Waals surface area contributed by atoms with Crippen LogP contribution >= 0.6 is 0 Å². The molecule has 0 atom stereocenters. The van der Waals surface area contributed by atoms with E-state index in [0.717, 1.165) is 19.4 Å². The highest BCUT2D eigenvalue weighted by Crippen LogP contribution is 1.95. The van der Waals surface area contributed by atoms with E-state index in [4.69, 9.17) is 0 Å². The number of aliphatic imine (C=N–C) groups is 1. The smallest absolute Gasteiger partial charge is 0.0382 e. The molecule has 1 heteroatoms. The first-order valence-electron chi connectivity index (χ1n) is 3.91. The van der Waals surface area contributed by atoms with Crippen molar-refractivity contribution in [1.82, 2.24) is 0 Å². The zero-order chi connectivity index (χ0) is 7.82. The van der Waals surface area contributed by atoms with Gasteiger partial charge in [-0.3, -0.25) is 4.99 Å². The maximum Gasteiger partial charge on any atom is 0.0382 e. The summed E-state index contributed by atoms with van der Waals surface area (Å²) in [4.78, 5) is 4.21. The van der Waals surface area contributed by atoms with Crippen LogP contribution in [0, 0.1) is 0 Å². The molecule has 0 aliphatic carbocycles. The number of hydrogen-bond donors (Lipinski definition) is 0. The van der Waals surface area contributed by atoms with Crippen LogP contribution < -0.4 is 0 Å². The molecule has 0 amide bonds. The van der Waals surface area contributed by atoms with E-state index in [0.29, 0.717) is 0 Å². The van der Waals surface area contributed by atoms with Crippen LogP contribution in [0.4, 0.5) is 0 Å². The van der Waals surface area contributed by atoms with Crippen molar-refractivity contribution in [3.05, 3.63) is 11.6 Å². The van der Waals surface area contributed by atoms with Gasteiger partial charge in [0.15, 0.2) is 0 Å². The van der Waals surface area contributed by atoms with Crippen LogP contribution in [0.1, 0.15) is 33.6 Å². The summed E-state index contributed by atoms with van der Waals surface area (Å²) in [6.07, 6.45) is 6.28. The molecular weight excluding hydrogens is 122 g/mol. The third-order valence-corrected chi connectivity index (χ3v) is 1.39. The second-order valence-electron chi connectivity index (χ2n) is 2.43. The summed E-state index contributed by atoms with van der Waals surface area (Å²) in [6, 6.07) is 0. The number of nitrogens with zero attached hydrogens (tertiary/aromatic N) is 1. The third-order valence-electron chi connectivity index (χ3n) is 1.39. The molecule has 0 spiro atoms. The predicted molar refractivity (Wildman–Crippen MR) is 47.7 cm³/mol. The van der Waals surface area contributed by atoms with Crippen molar-refractivity contribution in [3.63, 3.8) is 0 Å². The quantitative estimate of drug-likeness (QED) is 0.419. The molecule has 0 unspecified atom stereocenters. The van der Waals surface area contributed by atoms with Crippen LogP contribution in [-0.4, -0.2) is 12.8 Å². The normalized spacial score (nSPS) is 12.9. The van der Waals surface area contributed by atoms with Gasteiger partial charge >= 0.3 is 0 Å². The monoisotopic (exact) mass is 139 g/mol. The minimum Gasteiger partial charge on any atom is -0.297 e. The van der Waals surface area contributed by atoms with Crippen molar-refractivity contribution in [2.75, 3.05) is 6.54 Å². The third kappa shape index (κ3) is 5.54. The van der Waals surface area contributed by atoms with Gasteiger partial charge in [0.1, 0.15) is 0 Å². The van der Waals surface area contributed by atoms with Crippen LogP contribution in [0.2, 0.25) is 0 Å². The Bertz CT molecular complexity index is 123. The molecule has 10 heavy (non-hydrogen) atoms. The van der Waals surface area contributed by atoms with E-state index >= 15 is 0 Å². The lowest BCUT2D eigenvalue weighted by Gasteiger charge is -1.90. The molecule has 0 saturated heterocycles. The highest BCUT2D eigenvalue weighted by Gasteiger charge is 1.80. The molecule has 0 aliphatic heterocycles. The summed E-state index contributed by atoms with van der Waals surface area (Å²) in [5.74, 6) is 0. The largest absolute Gasteiger partial charge is 0.297 e. The molecular formula is C9H17N. The van der Waals surface area contributed by atoms with E-state index in [1.165, 1.54) is 5.57 Å². The van der Waals surface area contributed by atoms with Crippen molar-refractivity contribution in [2.45, 2.75) is 33.6 Å². The Kier molecular flexibility index (Phi) is 6.14. The van der Waals surface area contributed by atoms with E-state index in [2.05, 4.69) is 31.8 Å². The molecule has 0 aliphatic rings. The van der Waals surface area contributed by atoms with Crippen LogP contribution in [0.15, 0.2) is 16.6 Å². The Morgan fingerprint density at radius 1 is 1.50 bits per heavy atom. The summed E-state index contributed by atoms with van der Waals surface area (Å²) in [7, 11) is 0. The maximum absolute atomic E-state index is 4.21. The van der Waals surface area contributed by atoms with Gasteiger partial charge in [-0.25, -0.2) is 0 Å². The van der Waals surface area contributed by atoms with Crippen molar-refractivity contribution in [3.8, 4) is 0 Å². The fourth-order valence-electron chi connectivity index (χ4n) is 0.547. The Balaban J connectivity index is 3.34. The van der Waals surface area contributed by atoms with E-state index in [-0.39, 0.29) is 0 Å². The van der Waals surface area contributed by atoms with Crippen molar-refractivity contribution in [1.29, 1.82) is 0 Å². The van der Waals surface area contributed by atoms with Crippen molar-refractivity contribution >= 4 is 6.21 Å². The lowest BCUT2D eigenvalue weighted by atomic mass is 10.2. The molecule has 0 aromatic carbocycles. The van der Waals surface area contributed by atoms with Crippen LogP contribution in [0.3, 0.4) is 0 Å². The summed E-state index contributed by atoms with van der Waals surface area (Å²) in [6.45, 7) is 7.29. The second kappa shape index (κ2) is 6.53. The molecule has 0 aromatic heterocycles. The number of rotatable bonds is 4. The van der Waals surface area contributed by atoms with Gasteiger partial charge in [0.25, 0.3) is 0 Å². The fourth-order valence-corrected chi connectivity index (χ4v) is 0.547. The van der Waals surface area contributed by atoms with E-state index in [9.17, 15) is 0 Å². The molecule has 0 rings (SSSR count). The molecule has 0 aromatic rings. The van der Waals surface area contributed by atoms with Gasteiger partial charge in [-0.15, -0.1) is 0 Å². The first kappa shape index (κ1) is 9.41. The first-order valence-corrected chi connectivity index (χ1v) is 3.91. The topological polar surface area (TPSA) is 12.4 Å². The lowest BCUT2D eigenvalue weighted by molar-refractivity contribution is 0.933. The van der Waals surface area contributed by atoms with Gasteiger partial charge in [-0.1, -0.05) is 18.6 Å². The molecule has 0 radical (unpaired) electrons. The van der Waals surface area contributed by atoms with E-state index in [1.54, 1.807) is 0 Å². The van der Waals surface area contributed by atoms with Crippen molar-refractivity contribution in [2.24, 2.45) is 4.99 Å². The number of allylic oxidation sites excluding steroid dienone is 2. The molecule has 0 saturated carbocycles. The Labute approximate surface area is 63.9 Å².